The lowest BCUT2D eigenvalue weighted by Crippen LogP contribution is -2.44. The molecule has 0 amide bonds. The van der Waals surface area contributed by atoms with E-state index in [1.54, 1.807) is 0 Å². The molecule has 1 aromatic rings. The topological polar surface area (TPSA) is 12.0 Å². The van der Waals surface area contributed by atoms with Crippen molar-refractivity contribution in [3.63, 3.8) is 0 Å². The third kappa shape index (κ3) is 3.02. The molecule has 1 heterocycles. The van der Waals surface area contributed by atoms with Gasteiger partial charge in [-0.25, -0.2) is 0 Å². The molecular formula is C18H29N. The molecule has 0 unspecified atom stereocenters. The van der Waals surface area contributed by atoms with Crippen LogP contribution in [0.25, 0.3) is 0 Å². The summed E-state index contributed by atoms with van der Waals surface area (Å²) in [6, 6.07) is 11.5. The monoisotopic (exact) mass is 259 g/mol. The Morgan fingerprint density at radius 2 is 1.79 bits per heavy atom. The lowest BCUT2D eigenvalue weighted by atomic mass is 9.76. The maximum absolute atomic E-state index is 3.98. The van der Waals surface area contributed by atoms with Gasteiger partial charge in [0.05, 0.1) is 0 Å². The molecule has 1 N–H and O–H groups in total. The molecule has 106 valence electrons. The van der Waals surface area contributed by atoms with Gasteiger partial charge in [0.25, 0.3) is 0 Å². The van der Waals surface area contributed by atoms with Gasteiger partial charge in [-0.1, -0.05) is 58.0 Å². The van der Waals surface area contributed by atoms with Crippen molar-refractivity contribution in [2.24, 2.45) is 11.8 Å². The molecular weight excluding hydrogens is 230 g/mol. The first-order valence-corrected chi connectivity index (χ1v) is 7.94. The summed E-state index contributed by atoms with van der Waals surface area (Å²) in [6.45, 7) is 9.40. The Balaban J connectivity index is 2.20. The highest BCUT2D eigenvalue weighted by Gasteiger charge is 2.44. The SMILES string of the molecule is CCC1(CC)N[C@H](c2ccccc2)C[C@@H]1CC(C)C. The van der Waals surface area contributed by atoms with Crippen molar-refractivity contribution >= 4 is 0 Å². The maximum atomic E-state index is 3.98. The first kappa shape index (κ1) is 14.6. The molecule has 0 spiro atoms. The molecule has 2 atom stereocenters. The van der Waals surface area contributed by atoms with Gasteiger partial charge in [-0.3, -0.25) is 0 Å². The average Bonchev–Trinajstić information content (AvgIpc) is 2.78. The van der Waals surface area contributed by atoms with E-state index in [1.807, 2.05) is 0 Å². The second-order valence-corrected chi connectivity index (χ2v) is 6.53. The highest BCUT2D eigenvalue weighted by molar-refractivity contribution is 5.22. The minimum atomic E-state index is 0.352. The first-order chi connectivity index (χ1) is 9.11. The van der Waals surface area contributed by atoms with Crippen LogP contribution in [0.3, 0.4) is 0 Å². The van der Waals surface area contributed by atoms with Crippen LogP contribution in [0, 0.1) is 11.8 Å². The number of benzene rings is 1. The molecule has 1 saturated heterocycles. The van der Waals surface area contributed by atoms with Gasteiger partial charge in [-0.05, 0) is 43.1 Å². The molecule has 19 heavy (non-hydrogen) atoms. The van der Waals surface area contributed by atoms with E-state index < -0.39 is 0 Å². The molecule has 1 aliphatic heterocycles. The molecule has 0 saturated carbocycles. The summed E-state index contributed by atoms with van der Waals surface area (Å²) >= 11 is 0. The van der Waals surface area contributed by atoms with Crippen LogP contribution in [-0.4, -0.2) is 5.54 Å². The lowest BCUT2D eigenvalue weighted by molar-refractivity contribution is 0.224. The van der Waals surface area contributed by atoms with E-state index in [-0.39, 0.29) is 0 Å². The highest BCUT2D eigenvalue weighted by Crippen LogP contribution is 2.44. The van der Waals surface area contributed by atoms with Crippen LogP contribution >= 0.6 is 0 Å². The zero-order valence-corrected chi connectivity index (χ0v) is 12.9. The Morgan fingerprint density at radius 3 is 2.32 bits per heavy atom. The van der Waals surface area contributed by atoms with Gasteiger partial charge >= 0.3 is 0 Å². The summed E-state index contributed by atoms with van der Waals surface area (Å²) in [5, 5.41) is 3.98. The van der Waals surface area contributed by atoms with Crippen LogP contribution in [-0.2, 0) is 0 Å². The normalized spacial score (nSPS) is 25.9. The lowest BCUT2D eigenvalue weighted by Gasteiger charge is -2.35. The molecule has 1 aliphatic rings. The molecule has 1 nitrogen and oxygen atoms in total. The fourth-order valence-electron chi connectivity index (χ4n) is 3.86. The second kappa shape index (κ2) is 6.09. The van der Waals surface area contributed by atoms with Crippen LogP contribution in [0.4, 0.5) is 0 Å². The summed E-state index contributed by atoms with van der Waals surface area (Å²) < 4.78 is 0. The van der Waals surface area contributed by atoms with Crippen molar-refractivity contribution in [2.75, 3.05) is 0 Å². The Morgan fingerprint density at radius 1 is 1.16 bits per heavy atom. The zero-order valence-electron chi connectivity index (χ0n) is 12.9. The Hall–Kier alpha value is -0.820. The minimum Gasteiger partial charge on any atom is -0.304 e. The van der Waals surface area contributed by atoms with Gasteiger partial charge in [0.2, 0.25) is 0 Å². The van der Waals surface area contributed by atoms with Gasteiger partial charge in [0, 0.05) is 11.6 Å². The van der Waals surface area contributed by atoms with E-state index >= 15 is 0 Å². The van der Waals surface area contributed by atoms with Gasteiger partial charge in [0.15, 0.2) is 0 Å². The Labute approximate surface area is 118 Å². The fourth-order valence-corrected chi connectivity index (χ4v) is 3.86. The van der Waals surface area contributed by atoms with E-state index in [2.05, 4.69) is 63.3 Å². The van der Waals surface area contributed by atoms with E-state index in [0.717, 1.165) is 11.8 Å². The fraction of sp³-hybridized carbons (Fsp3) is 0.667. The van der Waals surface area contributed by atoms with Crippen LogP contribution in [0.1, 0.15) is 65.0 Å². The second-order valence-electron chi connectivity index (χ2n) is 6.53. The molecule has 1 fully saturated rings. The standard InChI is InChI=1S/C18H29N/c1-5-18(6-2)16(12-14(3)4)13-17(19-18)15-10-8-7-9-11-15/h7-11,14,16-17,19H,5-6,12-13H2,1-4H3/t16-,17-/m0/s1. The van der Waals surface area contributed by atoms with Crippen molar-refractivity contribution in [1.29, 1.82) is 0 Å². The van der Waals surface area contributed by atoms with Crippen molar-refractivity contribution in [1.82, 2.24) is 5.32 Å². The van der Waals surface area contributed by atoms with E-state index in [1.165, 1.54) is 31.2 Å². The summed E-state index contributed by atoms with van der Waals surface area (Å²) in [5.74, 6) is 1.60. The van der Waals surface area contributed by atoms with Gasteiger partial charge < -0.3 is 5.32 Å². The van der Waals surface area contributed by atoms with Gasteiger partial charge in [-0.2, -0.15) is 0 Å². The Bertz CT molecular complexity index is 378. The zero-order chi connectivity index (χ0) is 13.9. The summed E-state index contributed by atoms with van der Waals surface area (Å²) in [4.78, 5) is 0. The third-order valence-corrected chi connectivity index (χ3v) is 4.98. The van der Waals surface area contributed by atoms with E-state index in [0.29, 0.717) is 11.6 Å². The van der Waals surface area contributed by atoms with E-state index in [4.69, 9.17) is 0 Å². The van der Waals surface area contributed by atoms with Crippen LogP contribution in [0.2, 0.25) is 0 Å². The largest absolute Gasteiger partial charge is 0.304 e. The number of nitrogens with one attached hydrogen (secondary N) is 1. The summed E-state index contributed by atoms with van der Waals surface area (Å²) in [7, 11) is 0. The number of rotatable bonds is 5. The predicted octanol–water partition coefficient (Wildman–Crippen LogP) is 4.94. The number of hydrogen-bond acceptors (Lipinski definition) is 1. The van der Waals surface area contributed by atoms with Crippen molar-refractivity contribution in [3.05, 3.63) is 35.9 Å². The minimum absolute atomic E-state index is 0.352. The molecule has 0 aliphatic carbocycles. The van der Waals surface area contributed by atoms with Crippen LogP contribution in [0.5, 0.6) is 0 Å². The summed E-state index contributed by atoms with van der Waals surface area (Å²) in [5.41, 5.74) is 1.81. The molecule has 1 heteroatoms. The third-order valence-electron chi connectivity index (χ3n) is 4.98. The molecule has 0 bridgehead atoms. The average molecular weight is 259 g/mol. The van der Waals surface area contributed by atoms with Crippen molar-refractivity contribution < 1.29 is 0 Å². The van der Waals surface area contributed by atoms with Crippen molar-refractivity contribution in [3.8, 4) is 0 Å². The predicted molar refractivity (Wildman–Crippen MR) is 83.2 cm³/mol. The van der Waals surface area contributed by atoms with Gasteiger partial charge in [0.1, 0.15) is 0 Å². The van der Waals surface area contributed by atoms with Gasteiger partial charge in [-0.15, -0.1) is 0 Å². The van der Waals surface area contributed by atoms with E-state index in [9.17, 15) is 0 Å². The van der Waals surface area contributed by atoms with Crippen LogP contribution < -0.4 is 5.32 Å². The molecule has 0 aromatic heterocycles. The smallest absolute Gasteiger partial charge is 0.0328 e. The van der Waals surface area contributed by atoms with Crippen LogP contribution in [0.15, 0.2) is 30.3 Å². The molecule has 1 aromatic carbocycles. The van der Waals surface area contributed by atoms with Crippen molar-refractivity contribution in [2.45, 2.75) is 65.0 Å². The maximum Gasteiger partial charge on any atom is 0.0328 e. The Kier molecular flexibility index (Phi) is 4.67. The molecule has 2 rings (SSSR count). The number of hydrogen-bond donors (Lipinski definition) is 1. The molecule has 0 radical (unpaired) electrons. The summed E-state index contributed by atoms with van der Waals surface area (Å²) in [6.07, 6.45) is 5.12. The quantitative estimate of drug-likeness (QED) is 0.789. The highest BCUT2D eigenvalue weighted by atomic mass is 15.1. The first-order valence-electron chi connectivity index (χ1n) is 7.94.